The highest BCUT2D eigenvalue weighted by atomic mass is 19.1. The largest absolute Gasteiger partial charge is 0.376 e. The van der Waals surface area contributed by atoms with Gasteiger partial charge in [0, 0.05) is 75.3 Å². The summed E-state index contributed by atoms with van der Waals surface area (Å²) in [7, 11) is 3.51. The molecule has 5 heterocycles. The summed E-state index contributed by atoms with van der Waals surface area (Å²) in [4.78, 5) is 33.0. The van der Waals surface area contributed by atoms with Crippen molar-refractivity contribution in [3.05, 3.63) is 117 Å². The molecule has 1 amide bonds. The summed E-state index contributed by atoms with van der Waals surface area (Å²) in [5, 5.41) is 12.0. The number of carbonyl (C=O) groups is 1. The second-order valence-electron chi connectivity index (χ2n) is 15.4. The van der Waals surface area contributed by atoms with E-state index in [-0.39, 0.29) is 29.6 Å². The fourth-order valence-electron chi connectivity index (χ4n) is 7.94. The summed E-state index contributed by atoms with van der Waals surface area (Å²) in [6.07, 6.45) is 8.44. The predicted octanol–water partition coefficient (Wildman–Crippen LogP) is 7.45. The monoisotopic (exact) mass is 746 g/mol. The molecule has 3 aromatic carbocycles. The number of anilines is 1. The van der Waals surface area contributed by atoms with E-state index in [9.17, 15) is 14.0 Å². The number of amides is 1. The number of imidazole rings is 1. The zero-order valence-corrected chi connectivity index (χ0v) is 31.9. The number of likely N-dealkylation sites (tertiary alicyclic amines) is 1. The molecular weight excluding hydrogens is 703 g/mol. The summed E-state index contributed by atoms with van der Waals surface area (Å²) >= 11 is 0. The molecule has 6 aromatic rings. The molecule has 11 nitrogen and oxygen atoms in total. The van der Waals surface area contributed by atoms with Gasteiger partial charge in [0.25, 0.3) is 5.91 Å². The highest BCUT2D eigenvalue weighted by molar-refractivity contribution is 6.06. The van der Waals surface area contributed by atoms with Gasteiger partial charge in [0.15, 0.2) is 5.82 Å². The molecule has 2 aliphatic heterocycles. The fourth-order valence-corrected chi connectivity index (χ4v) is 7.94. The van der Waals surface area contributed by atoms with Crippen LogP contribution in [0.3, 0.4) is 0 Å². The molecule has 1 N–H and O–H groups in total. The molecule has 8 rings (SSSR count). The first-order valence-corrected chi connectivity index (χ1v) is 18.5. The molecule has 0 aliphatic carbocycles. The van der Waals surface area contributed by atoms with Crippen molar-refractivity contribution in [1.82, 2.24) is 28.8 Å². The zero-order chi connectivity index (χ0) is 38.8. The number of benzene rings is 3. The van der Waals surface area contributed by atoms with E-state index in [1.807, 2.05) is 12.1 Å². The maximum Gasteiger partial charge on any atom is 0.336 e. The normalized spacial score (nSPS) is 18.9. The zero-order valence-electron chi connectivity index (χ0n) is 31.9. The molecule has 55 heavy (non-hydrogen) atoms. The van der Waals surface area contributed by atoms with Crippen molar-refractivity contribution >= 4 is 45.3 Å². The lowest BCUT2D eigenvalue weighted by Crippen LogP contribution is -2.41. The summed E-state index contributed by atoms with van der Waals surface area (Å²) in [5.41, 5.74) is 5.63. The first-order chi connectivity index (χ1) is 26.3. The average molecular weight is 747 g/mol. The number of piperidine rings is 1. The van der Waals surface area contributed by atoms with Crippen molar-refractivity contribution in [2.75, 3.05) is 31.8 Å². The van der Waals surface area contributed by atoms with Gasteiger partial charge < -0.3 is 14.6 Å². The maximum atomic E-state index is 15.7. The van der Waals surface area contributed by atoms with Crippen LogP contribution in [0.4, 0.5) is 14.5 Å². The second-order valence-corrected chi connectivity index (χ2v) is 15.4. The summed E-state index contributed by atoms with van der Waals surface area (Å²) in [6.45, 7) is 8.94. The molecule has 2 aliphatic rings. The van der Waals surface area contributed by atoms with Crippen molar-refractivity contribution in [2.24, 2.45) is 12.1 Å². The second kappa shape index (κ2) is 13.8. The van der Waals surface area contributed by atoms with Crippen molar-refractivity contribution < 1.29 is 18.3 Å². The number of rotatable bonds is 6. The van der Waals surface area contributed by atoms with Crippen LogP contribution in [0.1, 0.15) is 66.2 Å². The van der Waals surface area contributed by atoms with Crippen LogP contribution < -0.4 is 10.7 Å². The van der Waals surface area contributed by atoms with Crippen molar-refractivity contribution in [2.45, 2.75) is 58.5 Å². The lowest BCUT2D eigenvalue weighted by Gasteiger charge is -2.35. The van der Waals surface area contributed by atoms with E-state index in [4.69, 9.17) is 9.84 Å². The van der Waals surface area contributed by atoms with Gasteiger partial charge in [0.2, 0.25) is 0 Å². The molecule has 2 saturated heterocycles. The number of hydrogen-bond acceptors (Lipinski definition) is 6. The Morgan fingerprint density at radius 2 is 1.85 bits per heavy atom. The Morgan fingerprint density at radius 1 is 1.07 bits per heavy atom. The number of carbonyl (C=O) groups excluding carboxylic acids is 1. The molecule has 0 radical (unpaired) electrons. The van der Waals surface area contributed by atoms with Gasteiger partial charge in [-0.2, -0.15) is 10.2 Å². The molecular formula is C42H44F2N8O3. The molecule has 0 unspecified atom stereocenters. The third kappa shape index (κ3) is 6.77. The predicted molar refractivity (Wildman–Crippen MR) is 211 cm³/mol. The molecule has 0 saturated carbocycles. The quantitative estimate of drug-likeness (QED) is 0.178. The molecule has 0 spiro atoms. The van der Waals surface area contributed by atoms with Gasteiger partial charge in [-0.1, -0.05) is 6.07 Å². The van der Waals surface area contributed by atoms with Gasteiger partial charge in [-0.15, -0.1) is 0 Å². The minimum absolute atomic E-state index is 0.0984. The summed E-state index contributed by atoms with van der Waals surface area (Å²) < 4.78 is 40.3. The van der Waals surface area contributed by atoms with Gasteiger partial charge >= 0.3 is 5.69 Å². The van der Waals surface area contributed by atoms with Crippen LogP contribution in [0.5, 0.6) is 0 Å². The number of aryl methyl sites for hydroxylation is 3. The maximum absolute atomic E-state index is 15.7. The van der Waals surface area contributed by atoms with Crippen LogP contribution in [0.25, 0.3) is 33.7 Å². The number of halogens is 2. The van der Waals surface area contributed by atoms with Crippen LogP contribution in [0.15, 0.2) is 82.6 Å². The van der Waals surface area contributed by atoms with E-state index in [0.29, 0.717) is 63.6 Å². The Bertz CT molecular complexity index is 2580. The lowest BCUT2D eigenvalue weighted by atomic mass is 9.83. The number of hydrogen-bond donors (Lipinski definition) is 1. The summed E-state index contributed by atoms with van der Waals surface area (Å²) in [6, 6.07) is 15.0. The van der Waals surface area contributed by atoms with Gasteiger partial charge in [-0.25, -0.2) is 13.6 Å². The highest BCUT2D eigenvalue weighted by Crippen LogP contribution is 2.37. The SMILES string of the molecule is Cc1cc(N(C)/N=C2/CCN(C(=O)c3cc4cc([C@H]5CCOC(C)(C)C5)ccc4[nH]3)C/C2=C\n2ccn(-c3ccc4c(cnn4C)c3F)c2=O)cc(C)c1F. The number of hydrazone groups is 1. The minimum Gasteiger partial charge on any atom is -0.376 e. The smallest absolute Gasteiger partial charge is 0.336 e. The number of ether oxygens (including phenoxy) is 1. The van der Waals surface area contributed by atoms with Gasteiger partial charge in [-0.05, 0) is 106 Å². The number of nitrogens with zero attached hydrogens (tertiary/aromatic N) is 7. The standard InChI is InChI=1S/C42H44F2N8O3/c1-25-17-31(18-26(2)38(25)43)48(5)47-34-11-13-50(40(53)35-20-29-19-27(7-8-33(29)46-35)28-12-16-55-42(3,4)21-28)23-30(34)24-51-14-15-52(41(51)54)37-10-9-36-32(39(37)44)22-45-49(36)6/h7-10,14-15,17-20,22,24,28,46H,11-13,16,21,23H2,1-6H3/b30-24+,47-34-/t28-/m0/s1. The Balaban J connectivity index is 1.12. The minimum atomic E-state index is -0.552. The highest BCUT2D eigenvalue weighted by Gasteiger charge is 2.31. The van der Waals surface area contributed by atoms with Crippen LogP contribution in [0, 0.1) is 25.5 Å². The Labute approximate surface area is 317 Å². The third-order valence-electron chi connectivity index (χ3n) is 10.9. The van der Waals surface area contributed by atoms with Crippen LogP contribution in [0.2, 0.25) is 0 Å². The Hall–Kier alpha value is -5.82. The van der Waals surface area contributed by atoms with E-state index in [0.717, 1.165) is 30.4 Å². The molecule has 3 aromatic heterocycles. The first kappa shape index (κ1) is 36.2. The summed E-state index contributed by atoms with van der Waals surface area (Å²) in [5.74, 6) is -0.613. The fraction of sp³-hybridized carbons (Fsp3) is 0.333. The number of fused-ring (bicyclic) bond motifs is 2. The molecule has 1 atom stereocenters. The first-order valence-electron chi connectivity index (χ1n) is 18.5. The van der Waals surface area contributed by atoms with E-state index in [1.165, 1.54) is 27.1 Å². The van der Waals surface area contributed by atoms with E-state index in [1.54, 1.807) is 79.2 Å². The van der Waals surface area contributed by atoms with Crippen LogP contribution in [-0.4, -0.2) is 72.8 Å². The van der Waals surface area contributed by atoms with Crippen LogP contribution >= 0.6 is 0 Å². The van der Waals surface area contributed by atoms with Crippen molar-refractivity contribution in [3.8, 4) is 5.69 Å². The third-order valence-corrected chi connectivity index (χ3v) is 10.9. The van der Waals surface area contributed by atoms with E-state index >= 15 is 4.39 Å². The average Bonchev–Trinajstić information content (AvgIpc) is 3.87. The van der Waals surface area contributed by atoms with Gasteiger partial charge in [0.05, 0.1) is 39.8 Å². The van der Waals surface area contributed by atoms with Crippen LogP contribution in [-0.2, 0) is 11.8 Å². The number of aromatic nitrogens is 5. The number of H-pyrrole nitrogens is 1. The van der Waals surface area contributed by atoms with Gasteiger partial charge in [0.1, 0.15) is 11.5 Å². The van der Waals surface area contributed by atoms with E-state index < -0.39 is 11.5 Å². The molecule has 2 fully saturated rings. The lowest BCUT2D eigenvalue weighted by molar-refractivity contribution is -0.0592. The molecule has 0 bridgehead atoms. The van der Waals surface area contributed by atoms with E-state index in [2.05, 4.69) is 36.1 Å². The van der Waals surface area contributed by atoms with Crippen molar-refractivity contribution in [3.63, 3.8) is 0 Å². The molecule has 284 valence electrons. The van der Waals surface area contributed by atoms with Crippen molar-refractivity contribution in [1.29, 1.82) is 0 Å². The topological polar surface area (TPSA) is 106 Å². The number of aromatic amines is 1. The molecule has 13 heteroatoms. The Morgan fingerprint density at radius 3 is 2.62 bits per heavy atom. The van der Waals surface area contributed by atoms with Gasteiger partial charge in [-0.3, -0.25) is 23.6 Å². The Kier molecular flexibility index (Phi) is 9.07. The number of nitrogens with one attached hydrogen (secondary N) is 1.